The molecule has 0 aliphatic carbocycles. The first-order valence-electron chi connectivity index (χ1n) is 12.5. The Kier molecular flexibility index (Phi) is 10.3. The monoisotopic (exact) mass is 599 g/mol. The Labute approximate surface area is 243 Å². The number of hydrogen-bond donors (Lipinski definition) is 2. The van der Waals surface area contributed by atoms with Crippen LogP contribution in [0.15, 0.2) is 63.8 Å². The number of carbonyl (C=O) groups excluding carboxylic acids is 1. The van der Waals surface area contributed by atoms with E-state index in [2.05, 4.69) is 30.6 Å². The number of esters is 1. The van der Waals surface area contributed by atoms with Crippen molar-refractivity contribution < 1.29 is 27.8 Å². The van der Waals surface area contributed by atoms with Crippen LogP contribution < -0.4 is 19.7 Å². The Morgan fingerprint density at radius 2 is 1.88 bits per heavy atom. The quantitative estimate of drug-likeness (QED) is 0.108. The van der Waals surface area contributed by atoms with E-state index >= 15 is 0 Å². The van der Waals surface area contributed by atoms with Gasteiger partial charge < -0.3 is 24.4 Å². The molecule has 12 nitrogen and oxygen atoms in total. The minimum atomic E-state index is -1.000. The van der Waals surface area contributed by atoms with E-state index in [-0.39, 0.29) is 11.3 Å². The molecule has 1 saturated heterocycles. The molecule has 4 aromatic rings. The normalized spacial score (nSPS) is 12.6. The molecule has 220 valence electrons. The number of aromatic amines is 1. The maximum absolute atomic E-state index is 14.2. The standard InChI is InChI=1S/C26H24FN7O5S.CH3F/c1-15-14-20(32-31-15)28-23-22(37-2)24(34-10-12-38-13-11-34)30-26(29-23)40-17-8-6-16(7-9-17)25(35)39-19-5-3-4-18(33-36)21(19)27;1-2/h3-9,14H,10-13H2,1-2H3,(H2,28,29,30,31,32);1H3. The number of aryl methyl sites for hydroxylation is 1. The third-order valence-electron chi connectivity index (χ3n) is 5.84. The zero-order valence-corrected chi connectivity index (χ0v) is 23.7. The van der Waals surface area contributed by atoms with Crippen molar-refractivity contribution in [1.29, 1.82) is 0 Å². The zero-order chi connectivity index (χ0) is 30.1. The highest BCUT2D eigenvalue weighted by Gasteiger charge is 2.24. The first kappa shape index (κ1) is 30.3. The number of halogens is 2. The average Bonchev–Trinajstić information content (AvgIpc) is 3.44. The second kappa shape index (κ2) is 14.3. The minimum absolute atomic E-state index is 0.189. The van der Waals surface area contributed by atoms with Crippen molar-refractivity contribution >= 4 is 40.9 Å². The summed E-state index contributed by atoms with van der Waals surface area (Å²) in [6.45, 7) is 4.30. The SMILES string of the molecule is CF.COc1c(Nc2cc(C)[nH]n2)nc(Sc2ccc(C(=O)Oc3cccc(N=O)c3F)cc2)nc1N1CCOCC1. The van der Waals surface area contributed by atoms with Crippen LogP contribution in [-0.2, 0) is 4.74 Å². The molecule has 0 amide bonds. The van der Waals surface area contributed by atoms with Crippen LogP contribution in [0.25, 0.3) is 0 Å². The van der Waals surface area contributed by atoms with Crippen LogP contribution in [0.2, 0.25) is 0 Å². The fourth-order valence-corrected chi connectivity index (χ4v) is 4.65. The molecular weight excluding hydrogens is 572 g/mol. The summed E-state index contributed by atoms with van der Waals surface area (Å²) in [6, 6.07) is 12.1. The molecule has 2 aromatic carbocycles. The van der Waals surface area contributed by atoms with Crippen LogP contribution in [0.5, 0.6) is 11.5 Å². The van der Waals surface area contributed by atoms with E-state index in [0.29, 0.717) is 61.8 Å². The van der Waals surface area contributed by atoms with Gasteiger partial charge in [-0.1, -0.05) is 6.07 Å². The van der Waals surface area contributed by atoms with Crippen LogP contribution >= 0.6 is 11.8 Å². The number of hydrogen-bond acceptors (Lipinski definition) is 12. The van der Waals surface area contributed by atoms with Gasteiger partial charge in [0.2, 0.25) is 5.75 Å². The van der Waals surface area contributed by atoms with Gasteiger partial charge in [-0.2, -0.15) is 5.10 Å². The van der Waals surface area contributed by atoms with Crippen LogP contribution in [-0.4, -0.2) is 66.7 Å². The molecule has 1 aliphatic rings. The number of carbonyl (C=O) groups is 1. The molecule has 0 spiro atoms. The topological polar surface area (TPSA) is 144 Å². The summed E-state index contributed by atoms with van der Waals surface area (Å²) in [5.41, 5.74) is 0.631. The summed E-state index contributed by atoms with van der Waals surface area (Å²) in [5.74, 6) is -0.0440. The van der Waals surface area contributed by atoms with E-state index in [0.717, 1.165) is 10.6 Å². The van der Waals surface area contributed by atoms with Gasteiger partial charge in [-0.05, 0) is 60.3 Å². The molecule has 2 N–H and O–H groups in total. The Balaban J connectivity index is 0.00000198. The Morgan fingerprint density at radius 1 is 1.14 bits per heavy atom. The second-order valence-corrected chi connectivity index (χ2v) is 9.61. The van der Waals surface area contributed by atoms with E-state index < -0.39 is 17.5 Å². The number of alkyl halides is 1. The number of nitrogens with one attached hydrogen (secondary N) is 2. The van der Waals surface area contributed by atoms with E-state index in [1.54, 1.807) is 31.4 Å². The molecule has 0 unspecified atom stereocenters. The summed E-state index contributed by atoms with van der Waals surface area (Å²) in [7, 11) is 2.06. The van der Waals surface area contributed by atoms with Gasteiger partial charge in [-0.3, -0.25) is 9.49 Å². The number of aromatic nitrogens is 4. The molecule has 0 atom stereocenters. The second-order valence-electron chi connectivity index (χ2n) is 8.57. The highest BCUT2D eigenvalue weighted by molar-refractivity contribution is 7.99. The maximum atomic E-state index is 14.2. The number of ether oxygens (including phenoxy) is 3. The van der Waals surface area contributed by atoms with E-state index in [9.17, 15) is 18.5 Å². The smallest absolute Gasteiger partial charge is 0.343 e. The minimum Gasteiger partial charge on any atom is -0.490 e. The van der Waals surface area contributed by atoms with E-state index in [1.165, 1.54) is 30.0 Å². The van der Waals surface area contributed by atoms with Gasteiger partial charge in [0.15, 0.2) is 34.2 Å². The average molecular weight is 600 g/mol. The predicted molar refractivity (Wildman–Crippen MR) is 153 cm³/mol. The van der Waals surface area contributed by atoms with Crippen molar-refractivity contribution in [2.45, 2.75) is 17.0 Å². The molecule has 15 heteroatoms. The lowest BCUT2D eigenvalue weighted by Gasteiger charge is -2.29. The molecule has 42 heavy (non-hydrogen) atoms. The molecule has 3 heterocycles. The Hall–Kier alpha value is -4.63. The van der Waals surface area contributed by atoms with Crippen LogP contribution in [0.4, 0.5) is 31.9 Å². The summed E-state index contributed by atoms with van der Waals surface area (Å²) in [6.07, 6.45) is 0. The number of morpholine rings is 1. The fourth-order valence-electron chi connectivity index (χ4n) is 3.90. The van der Waals surface area contributed by atoms with Crippen molar-refractivity contribution in [3.8, 4) is 11.5 Å². The van der Waals surface area contributed by atoms with Crippen LogP contribution in [0.1, 0.15) is 16.1 Å². The lowest BCUT2D eigenvalue weighted by Crippen LogP contribution is -2.37. The molecule has 2 aromatic heterocycles. The maximum Gasteiger partial charge on any atom is 0.343 e. The van der Waals surface area contributed by atoms with Gasteiger partial charge in [0, 0.05) is 29.7 Å². The zero-order valence-electron chi connectivity index (χ0n) is 22.9. The van der Waals surface area contributed by atoms with Gasteiger partial charge in [0.25, 0.3) is 0 Å². The van der Waals surface area contributed by atoms with E-state index in [4.69, 9.17) is 19.2 Å². The number of nitroso groups, excluding NO2 is 1. The molecule has 1 aliphatic heterocycles. The third-order valence-corrected chi connectivity index (χ3v) is 6.71. The summed E-state index contributed by atoms with van der Waals surface area (Å²) < 4.78 is 40.1. The summed E-state index contributed by atoms with van der Waals surface area (Å²) in [4.78, 5) is 35.5. The van der Waals surface area contributed by atoms with Gasteiger partial charge in [-0.15, -0.1) is 4.91 Å². The van der Waals surface area contributed by atoms with Crippen molar-refractivity contribution in [2.24, 2.45) is 5.18 Å². The molecule has 0 bridgehead atoms. The molecule has 5 rings (SSSR count). The van der Waals surface area contributed by atoms with E-state index in [1.807, 2.05) is 13.0 Å². The van der Waals surface area contributed by atoms with Crippen molar-refractivity contribution in [3.05, 3.63) is 70.5 Å². The van der Waals surface area contributed by atoms with Gasteiger partial charge in [0.1, 0.15) is 5.69 Å². The Bertz CT molecular complexity index is 1530. The first-order chi connectivity index (χ1) is 20.4. The first-order valence-corrected chi connectivity index (χ1v) is 13.3. The number of anilines is 3. The highest BCUT2D eigenvalue weighted by atomic mass is 32.2. The van der Waals surface area contributed by atoms with Crippen molar-refractivity contribution in [2.75, 3.05) is 50.8 Å². The number of nitrogens with zero attached hydrogens (tertiary/aromatic N) is 5. The van der Waals surface area contributed by atoms with Crippen LogP contribution in [0, 0.1) is 17.6 Å². The number of benzene rings is 2. The molecule has 1 fully saturated rings. The van der Waals surface area contributed by atoms with Crippen LogP contribution in [0.3, 0.4) is 0 Å². The lowest BCUT2D eigenvalue weighted by molar-refractivity contribution is 0.0728. The van der Waals surface area contributed by atoms with Crippen molar-refractivity contribution in [1.82, 2.24) is 20.2 Å². The van der Waals surface area contributed by atoms with Gasteiger partial charge in [-0.25, -0.2) is 19.2 Å². The number of rotatable bonds is 9. The lowest BCUT2D eigenvalue weighted by atomic mass is 10.2. The number of H-pyrrole nitrogens is 1. The highest BCUT2D eigenvalue weighted by Crippen LogP contribution is 2.38. The predicted octanol–water partition coefficient (Wildman–Crippen LogP) is 5.59. The largest absolute Gasteiger partial charge is 0.490 e. The summed E-state index contributed by atoms with van der Waals surface area (Å²) in [5, 5.41) is 13.3. The van der Waals surface area contributed by atoms with Gasteiger partial charge >= 0.3 is 5.97 Å². The van der Waals surface area contributed by atoms with Gasteiger partial charge in [0.05, 0.1) is 33.1 Å². The fraction of sp³-hybridized carbons (Fsp3) is 0.259. The molecule has 0 radical (unpaired) electrons. The molecule has 0 saturated carbocycles. The summed E-state index contributed by atoms with van der Waals surface area (Å²) >= 11 is 1.28. The van der Waals surface area contributed by atoms with Crippen molar-refractivity contribution in [3.63, 3.8) is 0 Å². The Morgan fingerprint density at radius 3 is 2.52 bits per heavy atom. The molecular formula is C27H27F2N7O5S. The third kappa shape index (κ3) is 7.16. The number of methoxy groups -OCH3 is 1.